The van der Waals surface area contributed by atoms with Crippen LogP contribution in [0.1, 0.15) is 79.6 Å². The van der Waals surface area contributed by atoms with Gasteiger partial charge in [0.2, 0.25) is 5.91 Å². The molecule has 10 nitrogen and oxygen atoms in total. The minimum absolute atomic E-state index is 0.0669. The molecule has 0 radical (unpaired) electrons. The maximum absolute atomic E-state index is 14.7. The van der Waals surface area contributed by atoms with Crippen molar-refractivity contribution < 1.29 is 14.4 Å². The quantitative estimate of drug-likeness (QED) is 0.123. The number of ketones is 1. The zero-order valence-electron chi connectivity index (χ0n) is 38.6. The first-order chi connectivity index (χ1) is 33.9. The first kappa shape index (κ1) is 44.9. The lowest BCUT2D eigenvalue weighted by atomic mass is 9.69. The van der Waals surface area contributed by atoms with E-state index in [0.717, 1.165) is 77.4 Å². The van der Waals surface area contributed by atoms with Crippen molar-refractivity contribution in [2.24, 2.45) is 10.7 Å². The number of piperazine rings is 1. The number of amides is 2. The standard InChI is InChI=1S/C50H47N5O3.C9H8N2/c51-32-33-15-17-34(18-16-33)39-10-3-4-12-44(39)50(58)53-38-21-19-35(20-22-38)49(57)45-30-36-8-1-2-11-40(36)43-24-23-41-37(9-7-13-42(41)48(43)45)31-47(56)55-28-26-54(27-29-55)46-14-5-6-25-52-46;1-2-5-9-8(4-1)10-6-3-7-11-9/h1-6,8,10-12,14-25,37,45H,7,9,13,26-32,51H2,(H,53,58);1-7,10H. The van der Waals surface area contributed by atoms with Crippen molar-refractivity contribution in [1.29, 1.82) is 0 Å². The molecular formula is C59H55N7O3. The van der Waals surface area contributed by atoms with Crippen molar-refractivity contribution in [3.05, 3.63) is 209 Å². The summed E-state index contributed by atoms with van der Waals surface area (Å²) in [5.41, 5.74) is 19.5. The van der Waals surface area contributed by atoms with Gasteiger partial charge in [0.15, 0.2) is 5.78 Å². The van der Waals surface area contributed by atoms with Gasteiger partial charge in [0.1, 0.15) is 5.82 Å². The Balaban J connectivity index is 0.000000440. The number of anilines is 3. The molecule has 69 heavy (non-hydrogen) atoms. The fourth-order valence-electron chi connectivity index (χ4n) is 10.3. The Morgan fingerprint density at radius 1 is 0.739 bits per heavy atom. The SMILES string of the molecule is C1=CNc2ccccc2N=C1.NCc1ccc(-c2ccccc2C(=O)Nc2ccc(C(=O)C3Cc4ccccc4-c4ccc5c(c43)CCCC5CC(=O)N3CCN(c4ccccn4)CC3)cc2)cc1. The minimum atomic E-state index is -0.355. The van der Waals surface area contributed by atoms with Gasteiger partial charge >= 0.3 is 0 Å². The summed E-state index contributed by atoms with van der Waals surface area (Å²) in [6.45, 7) is 3.37. The van der Waals surface area contributed by atoms with E-state index in [1.807, 2.05) is 145 Å². The van der Waals surface area contributed by atoms with Gasteiger partial charge in [-0.2, -0.15) is 0 Å². The van der Waals surface area contributed by atoms with Crippen molar-refractivity contribution in [2.75, 3.05) is 41.7 Å². The molecule has 0 bridgehead atoms. The first-order valence-corrected chi connectivity index (χ1v) is 24.0. The summed E-state index contributed by atoms with van der Waals surface area (Å²) in [6.07, 6.45) is 11.3. The third-order valence-corrected chi connectivity index (χ3v) is 13.9. The Morgan fingerprint density at radius 3 is 2.29 bits per heavy atom. The highest BCUT2D eigenvalue weighted by molar-refractivity contribution is 6.09. The van der Waals surface area contributed by atoms with Crippen LogP contribution in [0.2, 0.25) is 0 Å². The third kappa shape index (κ3) is 9.75. The lowest BCUT2D eigenvalue weighted by molar-refractivity contribution is -0.132. The molecule has 0 saturated carbocycles. The number of nitrogens with one attached hydrogen (secondary N) is 2. The van der Waals surface area contributed by atoms with E-state index < -0.39 is 0 Å². The number of aliphatic imine (C=N–C) groups is 1. The molecule has 2 unspecified atom stereocenters. The number of fused-ring (bicyclic) bond motifs is 6. The Hall–Kier alpha value is -7.95. The van der Waals surface area contributed by atoms with Crippen LogP contribution in [0.4, 0.5) is 22.9 Å². The molecule has 1 aromatic heterocycles. The molecule has 1 saturated heterocycles. The molecule has 3 heterocycles. The molecule has 2 aliphatic carbocycles. The van der Waals surface area contributed by atoms with E-state index in [1.54, 1.807) is 6.21 Å². The average molecular weight is 910 g/mol. The maximum Gasteiger partial charge on any atom is 0.256 e. The number of carbonyl (C=O) groups is 3. The van der Waals surface area contributed by atoms with E-state index in [-0.39, 0.29) is 29.4 Å². The van der Waals surface area contributed by atoms with Gasteiger partial charge in [-0.1, -0.05) is 97.1 Å². The number of aromatic nitrogens is 1. The summed E-state index contributed by atoms with van der Waals surface area (Å²) in [6, 6.07) is 49.5. The molecule has 7 aromatic rings. The normalized spacial score (nSPS) is 16.5. The highest BCUT2D eigenvalue weighted by atomic mass is 16.2. The Bertz CT molecular complexity index is 3050. The van der Waals surface area contributed by atoms with Crippen LogP contribution in [0.15, 0.2) is 175 Å². The van der Waals surface area contributed by atoms with Crippen LogP contribution in [-0.4, -0.2) is 59.9 Å². The maximum atomic E-state index is 14.7. The van der Waals surface area contributed by atoms with Crippen LogP contribution >= 0.6 is 0 Å². The second-order valence-electron chi connectivity index (χ2n) is 18.0. The van der Waals surface area contributed by atoms with Crippen LogP contribution in [-0.2, 0) is 24.2 Å². The molecule has 344 valence electrons. The number of benzene rings is 6. The number of para-hydroxylation sites is 2. The van der Waals surface area contributed by atoms with Gasteiger partial charge in [0.05, 0.1) is 17.3 Å². The summed E-state index contributed by atoms with van der Waals surface area (Å²) in [7, 11) is 0. The average Bonchev–Trinajstić information content (AvgIpc) is 3.67. The molecule has 10 heteroatoms. The van der Waals surface area contributed by atoms with Crippen molar-refractivity contribution in [1.82, 2.24) is 9.88 Å². The molecule has 2 atom stereocenters. The van der Waals surface area contributed by atoms with E-state index in [9.17, 15) is 14.4 Å². The number of hydrogen-bond acceptors (Lipinski definition) is 8. The van der Waals surface area contributed by atoms with Crippen LogP contribution in [0, 0.1) is 0 Å². The number of pyridine rings is 1. The summed E-state index contributed by atoms with van der Waals surface area (Å²) in [5, 5.41) is 6.17. The number of nitrogens with two attached hydrogens (primary N) is 1. The van der Waals surface area contributed by atoms with Gasteiger partial charge in [-0.15, -0.1) is 0 Å². The van der Waals surface area contributed by atoms with Crippen molar-refractivity contribution in [2.45, 2.75) is 50.5 Å². The zero-order valence-corrected chi connectivity index (χ0v) is 38.6. The number of allylic oxidation sites excluding steroid dienone is 1. The largest absolute Gasteiger partial charge is 0.360 e. The molecule has 11 rings (SSSR count). The monoisotopic (exact) mass is 909 g/mol. The van der Waals surface area contributed by atoms with E-state index >= 15 is 0 Å². The molecule has 1 fully saturated rings. The predicted octanol–water partition coefficient (Wildman–Crippen LogP) is 11.1. The van der Waals surface area contributed by atoms with Gasteiger partial charge < -0.3 is 26.2 Å². The lowest BCUT2D eigenvalue weighted by Gasteiger charge is -2.37. The Morgan fingerprint density at radius 2 is 1.49 bits per heavy atom. The van der Waals surface area contributed by atoms with E-state index in [2.05, 4.69) is 55.8 Å². The van der Waals surface area contributed by atoms with Gasteiger partial charge in [0.25, 0.3) is 5.91 Å². The number of hydrogen-bond donors (Lipinski definition) is 3. The fourth-order valence-corrected chi connectivity index (χ4v) is 10.3. The number of rotatable bonds is 9. The van der Waals surface area contributed by atoms with Gasteiger partial charge in [-0.25, -0.2) is 4.98 Å². The highest BCUT2D eigenvalue weighted by Crippen LogP contribution is 2.48. The smallest absolute Gasteiger partial charge is 0.256 e. The number of carbonyl (C=O) groups excluding carboxylic acids is 3. The molecule has 2 aliphatic heterocycles. The predicted molar refractivity (Wildman–Crippen MR) is 278 cm³/mol. The Kier molecular flexibility index (Phi) is 13.3. The molecule has 6 aromatic carbocycles. The summed E-state index contributed by atoms with van der Waals surface area (Å²) >= 11 is 0. The van der Waals surface area contributed by atoms with Gasteiger partial charge in [0, 0.05) is 74.6 Å². The molecule has 4 N–H and O–H groups in total. The van der Waals surface area contributed by atoms with Crippen LogP contribution < -0.4 is 21.3 Å². The fraction of sp³-hybridized carbons (Fsp3) is 0.203. The van der Waals surface area contributed by atoms with Crippen molar-refractivity contribution in [3.63, 3.8) is 0 Å². The summed E-state index contributed by atoms with van der Waals surface area (Å²) in [5.74, 6) is 0.760. The molecule has 0 spiro atoms. The number of nitrogens with zero attached hydrogens (tertiary/aromatic N) is 4. The summed E-state index contributed by atoms with van der Waals surface area (Å²) < 4.78 is 0. The van der Waals surface area contributed by atoms with Gasteiger partial charge in [-0.05, 0) is 142 Å². The Labute approximate surface area is 403 Å². The summed E-state index contributed by atoms with van der Waals surface area (Å²) in [4.78, 5) is 55.1. The van der Waals surface area contributed by atoms with E-state index in [0.29, 0.717) is 49.3 Å². The number of Topliss-reactive ketones (excluding diaryl/α,β-unsaturated/α-hetero) is 1. The zero-order chi connectivity index (χ0) is 47.1. The highest BCUT2D eigenvalue weighted by Gasteiger charge is 2.36. The topological polar surface area (TPSA) is 133 Å². The van der Waals surface area contributed by atoms with Crippen molar-refractivity contribution in [3.8, 4) is 22.3 Å². The third-order valence-electron chi connectivity index (χ3n) is 13.9. The lowest BCUT2D eigenvalue weighted by Crippen LogP contribution is -2.49. The minimum Gasteiger partial charge on any atom is -0.360 e. The van der Waals surface area contributed by atoms with E-state index in [4.69, 9.17) is 5.73 Å². The van der Waals surface area contributed by atoms with Crippen LogP contribution in [0.5, 0.6) is 0 Å². The van der Waals surface area contributed by atoms with E-state index in [1.165, 1.54) is 22.3 Å². The second-order valence-corrected chi connectivity index (χ2v) is 18.0. The molecule has 4 aliphatic rings. The van der Waals surface area contributed by atoms with Gasteiger partial charge in [-0.3, -0.25) is 19.4 Å². The molecular weight excluding hydrogens is 855 g/mol. The molecule has 2 amide bonds. The van der Waals surface area contributed by atoms with Crippen LogP contribution in [0.25, 0.3) is 22.3 Å². The first-order valence-electron chi connectivity index (χ1n) is 24.0. The second kappa shape index (κ2) is 20.5. The van der Waals surface area contributed by atoms with Crippen LogP contribution in [0.3, 0.4) is 0 Å². The van der Waals surface area contributed by atoms with Crippen molar-refractivity contribution >= 4 is 46.7 Å².